The zero-order valence-electron chi connectivity index (χ0n) is 12.4. The summed E-state index contributed by atoms with van der Waals surface area (Å²) in [5.74, 6) is 1.38. The van der Waals surface area contributed by atoms with Gasteiger partial charge in [-0.1, -0.05) is 12.1 Å². The minimum atomic E-state index is -0.000956. The molecule has 0 aliphatic carbocycles. The second-order valence-corrected chi connectivity index (χ2v) is 5.24. The summed E-state index contributed by atoms with van der Waals surface area (Å²) in [6.45, 7) is 3.79. The van der Waals surface area contributed by atoms with Crippen LogP contribution in [0.2, 0.25) is 0 Å². The van der Waals surface area contributed by atoms with Crippen LogP contribution in [0.4, 0.5) is 5.69 Å². The van der Waals surface area contributed by atoms with Crippen molar-refractivity contribution in [3.63, 3.8) is 0 Å². The SMILES string of the molecule is Cc1nc(-c2cccc(NC(=O)CCCC(C)N)c2)n[nH]1. The van der Waals surface area contributed by atoms with Gasteiger partial charge in [-0.25, -0.2) is 4.98 Å². The maximum Gasteiger partial charge on any atom is 0.224 e. The minimum Gasteiger partial charge on any atom is -0.328 e. The standard InChI is InChI=1S/C15H21N5O/c1-10(16)5-3-8-14(21)18-13-7-4-6-12(9-13)15-17-11(2)19-20-15/h4,6-7,9-10H,3,5,8,16H2,1-2H3,(H,18,21)(H,17,19,20). The van der Waals surface area contributed by atoms with E-state index in [9.17, 15) is 4.79 Å². The number of nitrogens with zero attached hydrogens (tertiary/aromatic N) is 2. The van der Waals surface area contributed by atoms with E-state index in [1.165, 1.54) is 0 Å². The highest BCUT2D eigenvalue weighted by molar-refractivity contribution is 5.91. The van der Waals surface area contributed by atoms with Gasteiger partial charge in [0.05, 0.1) is 0 Å². The molecule has 0 saturated carbocycles. The van der Waals surface area contributed by atoms with Crippen LogP contribution < -0.4 is 11.1 Å². The summed E-state index contributed by atoms with van der Waals surface area (Å²) in [6, 6.07) is 7.64. The smallest absolute Gasteiger partial charge is 0.224 e. The molecule has 0 aliphatic rings. The van der Waals surface area contributed by atoms with Crippen molar-refractivity contribution in [2.45, 2.75) is 39.2 Å². The summed E-state index contributed by atoms with van der Waals surface area (Å²) in [4.78, 5) is 16.1. The molecule has 0 aliphatic heterocycles. The number of nitrogens with two attached hydrogens (primary N) is 1. The molecule has 1 atom stereocenters. The first-order valence-corrected chi connectivity index (χ1v) is 7.09. The number of amides is 1. The second kappa shape index (κ2) is 6.99. The summed E-state index contributed by atoms with van der Waals surface area (Å²) in [6.07, 6.45) is 2.12. The molecule has 1 aromatic heterocycles. The number of rotatable bonds is 6. The molecule has 0 bridgehead atoms. The fourth-order valence-electron chi connectivity index (χ4n) is 2.02. The number of aromatic nitrogens is 3. The fourth-order valence-corrected chi connectivity index (χ4v) is 2.02. The minimum absolute atomic E-state index is 0.000956. The summed E-state index contributed by atoms with van der Waals surface area (Å²) < 4.78 is 0. The van der Waals surface area contributed by atoms with Crippen molar-refractivity contribution < 1.29 is 4.79 Å². The molecule has 0 spiro atoms. The number of hydrogen-bond donors (Lipinski definition) is 3. The van der Waals surface area contributed by atoms with E-state index in [0.29, 0.717) is 12.2 Å². The predicted octanol–water partition coefficient (Wildman–Crippen LogP) is 2.24. The Bertz CT molecular complexity index is 606. The molecule has 6 nitrogen and oxygen atoms in total. The Morgan fingerprint density at radius 2 is 2.29 bits per heavy atom. The third-order valence-corrected chi connectivity index (χ3v) is 3.07. The molecule has 6 heteroatoms. The number of anilines is 1. The van der Waals surface area contributed by atoms with Gasteiger partial charge in [0.1, 0.15) is 5.82 Å². The van der Waals surface area contributed by atoms with E-state index in [-0.39, 0.29) is 11.9 Å². The van der Waals surface area contributed by atoms with Crippen LogP contribution in [0.15, 0.2) is 24.3 Å². The Labute approximate surface area is 124 Å². The summed E-state index contributed by atoms with van der Waals surface area (Å²) >= 11 is 0. The van der Waals surface area contributed by atoms with Gasteiger partial charge in [0.15, 0.2) is 5.82 Å². The molecule has 1 amide bonds. The Morgan fingerprint density at radius 1 is 1.48 bits per heavy atom. The highest BCUT2D eigenvalue weighted by Gasteiger charge is 2.07. The quantitative estimate of drug-likeness (QED) is 0.759. The van der Waals surface area contributed by atoms with Gasteiger partial charge < -0.3 is 11.1 Å². The number of H-pyrrole nitrogens is 1. The Hall–Kier alpha value is -2.21. The maximum atomic E-state index is 11.9. The van der Waals surface area contributed by atoms with Crippen molar-refractivity contribution in [1.29, 1.82) is 0 Å². The van der Waals surface area contributed by atoms with E-state index in [1.54, 1.807) is 0 Å². The molecule has 0 radical (unpaired) electrons. The average Bonchev–Trinajstić information content (AvgIpc) is 2.85. The first kappa shape index (κ1) is 15.2. The topological polar surface area (TPSA) is 96.7 Å². The van der Waals surface area contributed by atoms with Crippen molar-refractivity contribution in [2.75, 3.05) is 5.32 Å². The summed E-state index contributed by atoms with van der Waals surface area (Å²) in [7, 11) is 0. The van der Waals surface area contributed by atoms with Gasteiger partial charge in [-0.05, 0) is 38.8 Å². The maximum absolute atomic E-state index is 11.9. The molecule has 4 N–H and O–H groups in total. The van der Waals surface area contributed by atoms with Crippen LogP contribution in [0.5, 0.6) is 0 Å². The van der Waals surface area contributed by atoms with Crippen molar-refractivity contribution in [2.24, 2.45) is 5.73 Å². The third kappa shape index (κ3) is 4.68. The van der Waals surface area contributed by atoms with Crippen LogP contribution in [0, 0.1) is 6.92 Å². The molecule has 1 unspecified atom stereocenters. The van der Waals surface area contributed by atoms with Crippen molar-refractivity contribution in [1.82, 2.24) is 15.2 Å². The first-order valence-electron chi connectivity index (χ1n) is 7.09. The fraction of sp³-hybridized carbons (Fsp3) is 0.400. The highest BCUT2D eigenvalue weighted by Crippen LogP contribution is 2.19. The molecule has 1 aromatic carbocycles. The van der Waals surface area contributed by atoms with E-state index in [1.807, 2.05) is 38.1 Å². The lowest BCUT2D eigenvalue weighted by Crippen LogP contribution is -2.16. The molecule has 1 heterocycles. The van der Waals surface area contributed by atoms with Crippen LogP contribution in [0.3, 0.4) is 0 Å². The number of hydrogen-bond acceptors (Lipinski definition) is 4. The summed E-state index contributed by atoms with van der Waals surface area (Å²) in [5.41, 5.74) is 7.29. The van der Waals surface area contributed by atoms with E-state index < -0.39 is 0 Å². The van der Waals surface area contributed by atoms with E-state index in [2.05, 4.69) is 20.5 Å². The second-order valence-electron chi connectivity index (χ2n) is 5.24. The number of carbonyl (C=O) groups excluding carboxylic acids is 1. The van der Waals surface area contributed by atoms with E-state index in [4.69, 9.17) is 5.73 Å². The molecule has 21 heavy (non-hydrogen) atoms. The van der Waals surface area contributed by atoms with Gasteiger partial charge >= 0.3 is 0 Å². The monoisotopic (exact) mass is 287 g/mol. The van der Waals surface area contributed by atoms with Gasteiger partial charge in [0, 0.05) is 23.7 Å². The molecular weight excluding hydrogens is 266 g/mol. The Balaban J connectivity index is 1.96. The molecule has 2 aromatic rings. The predicted molar refractivity (Wildman–Crippen MR) is 82.7 cm³/mol. The van der Waals surface area contributed by atoms with Gasteiger partial charge in [0.25, 0.3) is 0 Å². The van der Waals surface area contributed by atoms with Crippen LogP contribution >= 0.6 is 0 Å². The average molecular weight is 287 g/mol. The summed E-state index contributed by atoms with van der Waals surface area (Å²) in [5, 5.41) is 9.81. The van der Waals surface area contributed by atoms with Gasteiger partial charge in [-0.3, -0.25) is 9.89 Å². The molecular formula is C15H21N5O. The van der Waals surface area contributed by atoms with Crippen LogP contribution in [0.25, 0.3) is 11.4 Å². The van der Waals surface area contributed by atoms with Crippen molar-refractivity contribution in [3.05, 3.63) is 30.1 Å². The molecule has 0 fully saturated rings. The lowest BCUT2D eigenvalue weighted by atomic mass is 10.1. The number of aromatic amines is 1. The largest absolute Gasteiger partial charge is 0.328 e. The molecule has 112 valence electrons. The lowest BCUT2D eigenvalue weighted by molar-refractivity contribution is -0.116. The zero-order chi connectivity index (χ0) is 15.2. The van der Waals surface area contributed by atoms with E-state index >= 15 is 0 Å². The van der Waals surface area contributed by atoms with E-state index in [0.717, 1.165) is 29.9 Å². The van der Waals surface area contributed by atoms with Crippen LogP contribution in [-0.2, 0) is 4.79 Å². The van der Waals surface area contributed by atoms with Crippen LogP contribution in [-0.4, -0.2) is 27.1 Å². The van der Waals surface area contributed by atoms with Crippen molar-refractivity contribution >= 4 is 11.6 Å². The number of carbonyl (C=O) groups is 1. The van der Waals surface area contributed by atoms with Gasteiger partial charge in [-0.15, -0.1) is 0 Å². The Kier molecular flexibility index (Phi) is 5.05. The first-order chi connectivity index (χ1) is 10.0. The highest BCUT2D eigenvalue weighted by atomic mass is 16.1. The molecule has 0 saturated heterocycles. The normalized spacial score (nSPS) is 12.1. The van der Waals surface area contributed by atoms with Crippen molar-refractivity contribution in [3.8, 4) is 11.4 Å². The zero-order valence-corrected chi connectivity index (χ0v) is 12.4. The Morgan fingerprint density at radius 3 is 2.95 bits per heavy atom. The third-order valence-electron chi connectivity index (χ3n) is 3.07. The van der Waals surface area contributed by atoms with Gasteiger partial charge in [0.2, 0.25) is 5.91 Å². The number of aryl methyl sites for hydroxylation is 1. The van der Waals surface area contributed by atoms with Crippen LogP contribution in [0.1, 0.15) is 32.0 Å². The number of nitrogens with one attached hydrogen (secondary N) is 2. The van der Waals surface area contributed by atoms with Gasteiger partial charge in [-0.2, -0.15) is 5.10 Å². The molecule has 2 rings (SSSR count). The lowest BCUT2D eigenvalue weighted by Gasteiger charge is -2.07. The number of benzene rings is 1.